The molecule has 0 heterocycles. The van der Waals surface area contributed by atoms with Crippen molar-refractivity contribution in [3.05, 3.63) is 0 Å². The molecule has 96 valence electrons. The maximum atomic E-state index is 12.7. The lowest BCUT2D eigenvalue weighted by molar-refractivity contribution is -0.167. The molecule has 0 radical (unpaired) electrons. The number of hydrogen-bond acceptors (Lipinski definition) is 4. The van der Waals surface area contributed by atoms with Crippen LogP contribution in [0.5, 0.6) is 0 Å². The molecular formula is C10H11F3O4. The van der Waals surface area contributed by atoms with Gasteiger partial charge in [0.25, 0.3) is 0 Å². The van der Waals surface area contributed by atoms with Gasteiger partial charge in [-0.15, -0.1) is 0 Å². The van der Waals surface area contributed by atoms with Crippen LogP contribution >= 0.6 is 0 Å². The predicted octanol–water partition coefficient (Wildman–Crippen LogP) is 1.13. The van der Waals surface area contributed by atoms with Crippen LogP contribution in [0.2, 0.25) is 0 Å². The highest BCUT2D eigenvalue weighted by Gasteiger charge is 2.83. The lowest BCUT2D eigenvalue weighted by Gasteiger charge is -2.11. The van der Waals surface area contributed by atoms with Crippen LogP contribution in [0, 0.1) is 17.3 Å². The summed E-state index contributed by atoms with van der Waals surface area (Å²) in [5.74, 6) is -7.11. The molecule has 0 aliphatic heterocycles. The molecule has 0 amide bonds. The number of carbonyl (C=O) groups excluding carboxylic acids is 3. The molecular weight excluding hydrogens is 241 g/mol. The third kappa shape index (κ3) is 1.73. The topological polar surface area (TPSA) is 60.4 Å². The van der Waals surface area contributed by atoms with Crippen molar-refractivity contribution in [1.29, 1.82) is 0 Å². The van der Waals surface area contributed by atoms with Gasteiger partial charge in [0, 0.05) is 0 Å². The van der Waals surface area contributed by atoms with Crippen LogP contribution in [0.15, 0.2) is 0 Å². The van der Waals surface area contributed by atoms with Gasteiger partial charge in [-0.2, -0.15) is 13.2 Å². The van der Waals surface area contributed by atoms with Crippen LogP contribution in [0.25, 0.3) is 0 Å². The Balaban J connectivity index is 3.26. The smallest absolute Gasteiger partial charge is 0.394 e. The fourth-order valence-electron chi connectivity index (χ4n) is 2.41. The van der Waals surface area contributed by atoms with E-state index in [1.165, 1.54) is 0 Å². The first kappa shape index (κ1) is 13.7. The van der Waals surface area contributed by atoms with Crippen LogP contribution in [-0.2, 0) is 19.1 Å². The van der Waals surface area contributed by atoms with Gasteiger partial charge in [0.1, 0.15) is 17.0 Å². The van der Waals surface area contributed by atoms with Crippen molar-refractivity contribution in [3.8, 4) is 0 Å². The molecule has 0 aromatic rings. The Kier molecular flexibility index (Phi) is 3.07. The van der Waals surface area contributed by atoms with Gasteiger partial charge in [-0.05, 0) is 13.8 Å². The van der Waals surface area contributed by atoms with Crippen molar-refractivity contribution in [3.63, 3.8) is 0 Å². The molecule has 0 aromatic heterocycles. The first-order valence-electron chi connectivity index (χ1n) is 4.78. The molecule has 2 atom stereocenters. The van der Waals surface area contributed by atoms with E-state index in [9.17, 15) is 27.6 Å². The maximum absolute atomic E-state index is 12.7. The summed E-state index contributed by atoms with van der Waals surface area (Å²) in [5.41, 5.74) is -2.29. The molecule has 0 unspecified atom stereocenters. The van der Waals surface area contributed by atoms with Crippen molar-refractivity contribution in [2.75, 3.05) is 7.11 Å². The van der Waals surface area contributed by atoms with Gasteiger partial charge < -0.3 is 4.74 Å². The Bertz CT molecular complexity index is 372. The van der Waals surface area contributed by atoms with Gasteiger partial charge in [-0.25, -0.2) is 0 Å². The Morgan fingerprint density at radius 2 is 1.53 bits per heavy atom. The Labute approximate surface area is 95.1 Å². The summed E-state index contributed by atoms with van der Waals surface area (Å²) in [7, 11) is 0.916. The molecule has 1 aliphatic carbocycles. The van der Waals surface area contributed by atoms with Gasteiger partial charge in [0.2, 0.25) is 0 Å². The number of Topliss-reactive ketones (excluding diaryl/α,β-unsaturated/α-hetero) is 2. The lowest BCUT2D eigenvalue weighted by Crippen LogP contribution is -2.30. The highest BCUT2D eigenvalue weighted by Crippen LogP contribution is 2.66. The van der Waals surface area contributed by atoms with E-state index in [-0.39, 0.29) is 0 Å². The van der Waals surface area contributed by atoms with Crippen LogP contribution < -0.4 is 0 Å². The highest BCUT2D eigenvalue weighted by molar-refractivity contribution is 6.13. The second kappa shape index (κ2) is 3.82. The Morgan fingerprint density at radius 1 is 1.12 bits per heavy atom. The monoisotopic (exact) mass is 252 g/mol. The molecule has 7 heteroatoms. The van der Waals surface area contributed by atoms with Gasteiger partial charge >= 0.3 is 12.1 Å². The Hall–Kier alpha value is -1.40. The standard InChI is InChI=1S/C10H11F3O4/c1-4(14)9(5(2)15)6(8(16)17-3)7(9)10(11,12)13/h6-7H,1-3H3/t6-,7+/m1/s1. The minimum absolute atomic E-state index is 0.878. The number of ether oxygens (including phenoxy) is 1. The van der Waals surface area contributed by atoms with E-state index in [1.54, 1.807) is 0 Å². The summed E-state index contributed by atoms with van der Waals surface area (Å²) < 4.78 is 42.3. The Morgan fingerprint density at radius 3 is 1.71 bits per heavy atom. The number of methoxy groups -OCH3 is 1. The molecule has 0 bridgehead atoms. The van der Waals surface area contributed by atoms with Crippen LogP contribution in [0.3, 0.4) is 0 Å². The minimum Gasteiger partial charge on any atom is -0.469 e. The molecule has 17 heavy (non-hydrogen) atoms. The summed E-state index contributed by atoms with van der Waals surface area (Å²) in [4.78, 5) is 33.9. The SMILES string of the molecule is COC(=O)[C@H]1[C@H](C(F)(F)F)C1(C(C)=O)C(C)=O. The summed E-state index contributed by atoms with van der Waals surface area (Å²) in [6, 6.07) is 0. The second-order valence-electron chi connectivity index (χ2n) is 4.00. The molecule has 4 nitrogen and oxygen atoms in total. The number of alkyl halides is 3. The summed E-state index contributed by atoms with van der Waals surface area (Å²) in [6.45, 7) is 1.76. The lowest BCUT2D eigenvalue weighted by atomic mass is 9.92. The molecule has 0 aromatic carbocycles. The largest absolute Gasteiger partial charge is 0.469 e. The molecule has 0 spiro atoms. The van der Waals surface area contributed by atoms with E-state index in [4.69, 9.17) is 0 Å². The van der Waals surface area contributed by atoms with E-state index < -0.39 is 41.0 Å². The number of hydrogen-bond donors (Lipinski definition) is 0. The molecule has 0 saturated heterocycles. The molecule has 0 N–H and O–H groups in total. The van der Waals surface area contributed by atoms with Crippen LogP contribution in [-0.4, -0.2) is 30.8 Å². The van der Waals surface area contributed by atoms with Crippen LogP contribution in [0.1, 0.15) is 13.8 Å². The average Bonchev–Trinajstić information content (AvgIpc) is 2.86. The molecule has 1 fully saturated rings. The van der Waals surface area contributed by atoms with Crippen molar-refractivity contribution in [1.82, 2.24) is 0 Å². The fourth-order valence-corrected chi connectivity index (χ4v) is 2.41. The number of carbonyl (C=O) groups is 3. The first-order chi connectivity index (χ1) is 7.61. The summed E-state index contributed by atoms with van der Waals surface area (Å²) in [6.07, 6.45) is -4.78. The molecule has 1 saturated carbocycles. The summed E-state index contributed by atoms with van der Waals surface area (Å²) in [5, 5.41) is 0. The predicted molar refractivity (Wildman–Crippen MR) is 48.8 cm³/mol. The van der Waals surface area contributed by atoms with E-state index >= 15 is 0 Å². The van der Waals surface area contributed by atoms with E-state index in [0.717, 1.165) is 21.0 Å². The van der Waals surface area contributed by atoms with Crippen molar-refractivity contribution < 1.29 is 32.3 Å². The zero-order valence-electron chi connectivity index (χ0n) is 9.42. The van der Waals surface area contributed by atoms with E-state index in [1.807, 2.05) is 0 Å². The van der Waals surface area contributed by atoms with E-state index in [0.29, 0.717) is 0 Å². The van der Waals surface area contributed by atoms with Crippen molar-refractivity contribution in [2.24, 2.45) is 17.3 Å². The quantitative estimate of drug-likeness (QED) is 0.558. The second-order valence-corrected chi connectivity index (χ2v) is 4.00. The third-order valence-electron chi connectivity index (χ3n) is 3.18. The third-order valence-corrected chi connectivity index (χ3v) is 3.18. The number of halogens is 3. The highest BCUT2D eigenvalue weighted by atomic mass is 19.4. The van der Waals surface area contributed by atoms with Crippen molar-refractivity contribution >= 4 is 17.5 Å². The van der Waals surface area contributed by atoms with Gasteiger partial charge in [-0.3, -0.25) is 14.4 Å². The number of ketones is 2. The van der Waals surface area contributed by atoms with Crippen molar-refractivity contribution in [2.45, 2.75) is 20.0 Å². The first-order valence-corrected chi connectivity index (χ1v) is 4.78. The average molecular weight is 252 g/mol. The van der Waals surface area contributed by atoms with Gasteiger partial charge in [-0.1, -0.05) is 0 Å². The molecule has 1 aliphatic rings. The zero-order valence-corrected chi connectivity index (χ0v) is 9.42. The van der Waals surface area contributed by atoms with E-state index in [2.05, 4.69) is 4.74 Å². The normalized spacial score (nSPS) is 26.2. The zero-order chi connectivity index (χ0) is 13.6. The van der Waals surface area contributed by atoms with Crippen LogP contribution in [0.4, 0.5) is 13.2 Å². The van der Waals surface area contributed by atoms with Gasteiger partial charge in [0.15, 0.2) is 0 Å². The molecule has 1 rings (SSSR count). The fraction of sp³-hybridized carbons (Fsp3) is 0.700. The minimum atomic E-state index is -4.78. The van der Waals surface area contributed by atoms with Gasteiger partial charge in [0.05, 0.1) is 18.9 Å². The number of esters is 1. The maximum Gasteiger partial charge on any atom is 0.394 e. The summed E-state index contributed by atoms with van der Waals surface area (Å²) >= 11 is 0. The number of rotatable bonds is 3.